The Morgan fingerprint density at radius 1 is 1.58 bits per heavy atom. The van der Waals surface area contributed by atoms with Crippen molar-refractivity contribution in [2.75, 3.05) is 0 Å². The number of carbonyl (C=O) groups is 1. The molecule has 3 heteroatoms. The molecule has 0 aromatic rings. The van der Waals surface area contributed by atoms with E-state index in [1.165, 1.54) is 0 Å². The topological polar surface area (TPSA) is 46.5 Å². The minimum atomic E-state index is -0.892. The molecule has 0 aliphatic carbocycles. The highest BCUT2D eigenvalue weighted by Gasteiger charge is 2.38. The molecule has 0 amide bonds. The molecule has 3 nitrogen and oxygen atoms in total. The fraction of sp³-hybridized carbons (Fsp3) is 0.889. The fourth-order valence-corrected chi connectivity index (χ4v) is 1.60. The number of rotatable bonds is 2. The zero-order valence-corrected chi connectivity index (χ0v) is 7.67. The molecule has 0 aromatic carbocycles. The Hall–Kier alpha value is -0.570. The number of hydrogen-bond donors (Lipinski definition) is 1. The molecule has 0 bridgehead atoms. The van der Waals surface area contributed by atoms with E-state index in [2.05, 4.69) is 0 Å². The number of cyclic esters (lactones) is 1. The van der Waals surface area contributed by atoms with Gasteiger partial charge >= 0.3 is 5.97 Å². The van der Waals surface area contributed by atoms with Crippen LogP contribution in [-0.4, -0.2) is 22.8 Å². The third kappa shape index (κ3) is 1.61. The molecule has 1 saturated heterocycles. The molecule has 0 unspecified atom stereocenters. The van der Waals surface area contributed by atoms with Crippen LogP contribution in [0.3, 0.4) is 0 Å². The number of esters is 1. The van der Waals surface area contributed by atoms with Crippen LogP contribution in [0, 0.1) is 0 Å². The summed E-state index contributed by atoms with van der Waals surface area (Å²) in [6.07, 6.45) is 2.10. The van der Waals surface area contributed by atoms with Crippen LogP contribution in [0.25, 0.3) is 0 Å². The first-order chi connectivity index (χ1) is 5.63. The minimum absolute atomic E-state index is 0.295. The molecule has 1 heterocycles. The summed E-state index contributed by atoms with van der Waals surface area (Å²) >= 11 is 0. The standard InChI is InChI=1S/C9H16O3/c1-3-9(4-2)6-5-7(10)8(11)12-9/h7,10H,3-6H2,1-2H3/t7-/m1/s1. The van der Waals surface area contributed by atoms with Gasteiger partial charge in [0, 0.05) is 0 Å². The molecule has 1 aliphatic heterocycles. The number of aliphatic hydroxyl groups excluding tert-OH is 1. The van der Waals surface area contributed by atoms with Gasteiger partial charge in [-0.25, -0.2) is 4.79 Å². The monoisotopic (exact) mass is 172 g/mol. The van der Waals surface area contributed by atoms with Crippen LogP contribution in [0.4, 0.5) is 0 Å². The SMILES string of the molecule is CCC1(CC)CC[C@@H](O)C(=O)O1. The van der Waals surface area contributed by atoms with Crippen molar-refractivity contribution in [3.63, 3.8) is 0 Å². The molecule has 0 aromatic heterocycles. The van der Waals surface area contributed by atoms with Crippen molar-refractivity contribution in [3.8, 4) is 0 Å². The summed E-state index contributed by atoms with van der Waals surface area (Å²) in [5.41, 5.74) is -0.295. The van der Waals surface area contributed by atoms with E-state index in [0.29, 0.717) is 6.42 Å². The summed E-state index contributed by atoms with van der Waals surface area (Å²) in [4.78, 5) is 11.1. The van der Waals surface area contributed by atoms with Crippen LogP contribution < -0.4 is 0 Å². The van der Waals surface area contributed by atoms with Gasteiger partial charge in [-0.2, -0.15) is 0 Å². The van der Waals surface area contributed by atoms with Gasteiger partial charge in [-0.05, 0) is 25.7 Å². The third-order valence-electron chi connectivity index (χ3n) is 2.75. The molecule has 1 rings (SSSR count). The number of carbonyl (C=O) groups excluding carboxylic acids is 1. The molecule has 12 heavy (non-hydrogen) atoms. The Kier molecular flexibility index (Phi) is 2.73. The highest BCUT2D eigenvalue weighted by molar-refractivity contribution is 5.75. The van der Waals surface area contributed by atoms with Gasteiger partial charge < -0.3 is 9.84 Å². The van der Waals surface area contributed by atoms with Crippen LogP contribution in [0.2, 0.25) is 0 Å². The van der Waals surface area contributed by atoms with Crippen molar-refractivity contribution in [1.29, 1.82) is 0 Å². The lowest BCUT2D eigenvalue weighted by Crippen LogP contribution is -2.43. The summed E-state index contributed by atoms with van der Waals surface area (Å²) in [7, 11) is 0. The number of hydrogen-bond acceptors (Lipinski definition) is 3. The van der Waals surface area contributed by atoms with Crippen LogP contribution >= 0.6 is 0 Å². The average Bonchev–Trinajstić information content (AvgIpc) is 2.10. The van der Waals surface area contributed by atoms with E-state index in [1.807, 2.05) is 13.8 Å². The Balaban J connectivity index is 2.64. The summed E-state index contributed by atoms with van der Waals surface area (Å²) < 4.78 is 5.20. The van der Waals surface area contributed by atoms with Crippen molar-refractivity contribution in [2.24, 2.45) is 0 Å². The van der Waals surface area contributed by atoms with Gasteiger partial charge in [-0.15, -0.1) is 0 Å². The van der Waals surface area contributed by atoms with Gasteiger partial charge in [0.25, 0.3) is 0 Å². The Morgan fingerprint density at radius 3 is 2.58 bits per heavy atom. The van der Waals surface area contributed by atoms with Gasteiger partial charge in [0.15, 0.2) is 6.10 Å². The minimum Gasteiger partial charge on any atom is -0.457 e. The smallest absolute Gasteiger partial charge is 0.335 e. The maximum atomic E-state index is 11.1. The van der Waals surface area contributed by atoms with Crippen LogP contribution in [-0.2, 0) is 9.53 Å². The Bertz CT molecular complexity index is 173. The van der Waals surface area contributed by atoms with Crippen molar-refractivity contribution >= 4 is 5.97 Å². The van der Waals surface area contributed by atoms with Crippen molar-refractivity contribution < 1.29 is 14.6 Å². The summed E-state index contributed by atoms with van der Waals surface area (Å²) in [5, 5.41) is 9.13. The van der Waals surface area contributed by atoms with Gasteiger partial charge in [0.05, 0.1) is 0 Å². The van der Waals surface area contributed by atoms with E-state index in [1.54, 1.807) is 0 Å². The lowest BCUT2D eigenvalue weighted by molar-refractivity contribution is -0.182. The summed E-state index contributed by atoms with van der Waals surface area (Å²) in [6.45, 7) is 4.02. The lowest BCUT2D eigenvalue weighted by Gasteiger charge is -2.36. The molecule has 1 aliphatic rings. The summed E-state index contributed by atoms with van der Waals surface area (Å²) in [6, 6.07) is 0. The van der Waals surface area contributed by atoms with Crippen molar-refractivity contribution in [2.45, 2.75) is 51.2 Å². The highest BCUT2D eigenvalue weighted by atomic mass is 16.6. The van der Waals surface area contributed by atoms with Crippen LogP contribution in [0.1, 0.15) is 39.5 Å². The number of ether oxygens (including phenoxy) is 1. The number of aliphatic hydroxyl groups is 1. The molecular formula is C9H16O3. The second-order valence-corrected chi connectivity index (χ2v) is 3.37. The summed E-state index contributed by atoms with van der Waals surface area (Å²) in [5.74, 6) is -0.454. The van der Waals surface area contributed by atoms with Crippen molar-refractivity contribution in [1.82, 2.24) is 0 Å². The second kappa shape index (κ2) is 3.44. The molecule has 70 valence electrons. The molecule has 1 atom stereocenters. The maximum absolute atomic E-state index is 11.1. The third-order valence-corrected chi connectivity index (χ3v) is 2.75. The molecule has 0 saturated carbocycles. The van der Waals surface area contributed by atoms with Gasteiger partial charge in [-0.1, -0.05) is 13.8 Å². The predicted molar refractivity (Wildman–Crippen MR) is 44.6 cm³/mol. The Morgan fingerprint density at radius 2 is 2.17 bits per heavy atom. The predicted octanol–water partition coefficient (Wildman–Crippen LogP) is 1.24. The fourth-order valence-electron chi connectivity index (χ4n) is 1.60. The largest absolute Gasteiger partial charge is 0.457 e. The van der Waals surface area contributed by atoms with Crippen LogP contribution in [0.5, 0.6) is 0 Å². The normalized spacial score (nSPS) is 28.2. The van der Waals surface area contributed by atoms with Crippen molar-refractivity contribution in [3.05, 3.63) is 0 Å². The van der Waals surface area contributed by atoms with E-state index in [0.717, 1.165) is 19.3 Å². The molecular weight excluding hydrogens is 156 g/mol. The van der Waals surface area contributed by atoms with E-state index >= 15 is 0 Å². The maximum Gasteiger partial charge on any atom is 0.335 e. The van der Waals surface area contributed by atoms with E-state index in [-0.39, 0.29) is 5.60 Å². The zero-order valence-electron chi connectivity index (χ0n) is 7.67. The van der Waals surface area contributed by atoms with E-state index in [4.69, 9.17) is 9.84 Å². The van der Waals surface area contributed by atoms with Gasteiger partial charge in [-0.3, -0.25) is 0 Å². The molecule has 1 N–H and O–H groups in total. The highest BCUT2D eigenvalue weighted by Crippen LogP contribution is 2.31. The second-order valence-electron chi connectivity index (χ2n) is 3.37. The lowest BCUT2D eigenvalue weighted by atomic mass is 9.88. The molecule has 0 radical (unpaired) electrons. The first-order valence-corrected chi connectivity index (χ1v) is 4.54. The molecule has 1 fully saturated rings. The quantitative estimate of drug-likeness (QED) is 0.637. The first-order valence-electron chi connectivity index (χ1n) is 4.54. The first kappa shape index (κ1) is 9.52. The van der Waals surface area contributed by atoms with Gasteiger partial charge in [0.1, 0.15) is 5.60 Å². The van der Waals surface area contributed by atoms with Gasteiger partial charge in [0.2, 0.25) is 0 Å². The zero-order chi connectivity index (χ0) is 9.19. The Labute approximate surface area is 72.7 Å². The van der Waals surface area contributed by atoms with E-state index < -0.39 is 12.1 Å². The average molecular weight is 172 g/mol. The van der Waals surface area contributed by atoms with E-state index in [9.17, 15) is 4.79 Å². The molecule has 0 spiro atoms. The van der Waals surface area contributed by atoms with Crippen LogP contribution in [0.15, 0.2) is 0 Å².